The lowest BCUT2D eigenvalue weighted by Crippen LogP contribution is -2.43. The van der Waals surface area contributed by atoms with Gasteiger partial charge in [0.05, 0.1) is 0 Å². The summed E-state index contributed by atoms with van der Waals surface area (Å²) < 4.78 is 1.99. The van der Waals surface area contributed by atoms with Crippen LogP contribution < -0.4 is 10.6 Å². The van der Waals surface area contributed by atoms with E-state index in [2.05, 4.69) is 64.0 Å². The van der Waals surface area contributed by atoms with Gasteiger partial charge < -0.3 is 20.1 Å². The van der Waals surface area contributed by atoms with E-state index in [4.69, 9.17) is 4.99 Å². The molecular formula is C21H37N7S. The lowest BCUT2D eigenvalue weighted by Gasteiger charge is -2.21. The molecule has 0 aliphatic rings. The van der Waals surface area contributed by atoms with E-state index in [1.807, 2.05) is 18.5 Å². The summed E-state index contributed by atoms with van der Waals surface area (Å²) in [7, 11) is 1.98. The second-order valence-corrected chi connectivity index (χ2v) is 8.39. The summed E-state index contributed by atoms with van der Waals surface area (Å²) >= 11 is 1.79. The van der Waals surface area contributed by atoms with Crippen molar-refractivity contribution >= 4 is 17.3 Å². The fourth-order valence-electron chi connectivity index (χ4n) is 3.12. The molecule has 2 aromatic heterocycles. The quantitative estimate of drug-likeness (QED) is 0.409. The van der Waals surface area contributed by atoms with Crippen molar-refractivity contribution in [3.63, 3.8) is 0 Å². The maximum Gasteiger partial charge on any atom is 0.191 e. The molecule has 2 heterocycles. The van der Waals surface area contributed by atoms with Gasteiger partial charge in [0.2, 0.25) is 0 Å². The monoisotopic (exact) mass is 419 g/mol. The van der Waals surface area contributed by atoms with E-state index in [1.165, 1.54) is 11.3 Å². The molecule has 162 valence electrons. The molecule has 0 aliphatic carbocycles. The SMILES string of the molecule is CCN(CC)CCCC(C)NC(=NCc1nnc(C)n1C)NCCc1cccs1. The molecule has 0 amide bonds. The highest BCUT2D eigenvalue weighted by atomic mass is 32.1. The number of thiophene rings is 1. The third-order valence-corrected chi connectivity index (χ3v) is 6.13. The standard InChI is InChI=1S/C21H37N7S/c1-6-28(7-2)14-8-10-17(3)24-21(22-13-12-19-11-9-15-29-19)23-16-20-26-25-18(4)27(20)5/h9,11,15,17H,6-8,10,12-14,16H2,1-5H3,(H2,22,23,24). The van der Waals surface area contributed by atoms with E-state index in [0.29, 0.717) is 12.6 Å². The lowest BCUT2D eigenvalue weighted by atomic mass is 10.2. The number of aromatic nitrogens is 3. The Bertz CT molecular complexity index is 719. The number of rotatable bonds is 12. The van der Waals surface area contributed by atoms with Crippen LogP contribution in [0.1, 0.15) is 50.1 Å². The summed E-state index contributed by atoms with van der Waals surface area (Å²) in [5.74, 6) is 2.62. The van der Waals surface area contributed by atoms with E-state index in [0.717, 1.165) is 56.6 Å². The lowest BCUT2D eigenvalue weighted by molar-refractivity contribution is 0.292. The van der Waals surface area contributed by atoms with Gasteiger partial charge in [-0.25, -0.2) is 4.99 Å². The van der Waals surface area contributed by atoms with Crippen molar-refractivity contribution < 1.29 is 0 Å². The first-order valence-electron chi connectivity index (χ1n) is 10.7. The van der Waals surface area contributed by atoms with E-state index < -0.39 is 0 Å². The molecule has 0 saturated heterocycles. The molecule has 0 aromatic carbocycles. The zero-order chi connectivity index (χ0) is 21.1. The molecule has 0 spiro atoms. The van der Waals surface area contributed by atoms with Crippen LogP contribution in [0.15, 0.2) is 22.5 Å². The van der Waals surface area contributed by atoms with Crippen molar-refractivity contribution in [1.82, 2.24) is 30.3 Å². The minimum Gasteiger partial charge on any atom is -0.356 e. The first-order valence-corrected chi connectivity index (χ1v) is 11.6. The second-order valence-electron chi connectivity index (χ2n) is 7.36. The van der Waals surface area contributed by atoms with Gasteiger partial charge in [0.15, 0.2) is 11.8 Å². The molecule has 8 heteroatoms. The van der Waals surface area contributed by atoms with Crippen LogP contribution in [0.2, 0.25) is 0 Å². The van der Waals surface area contributed by atoms with Gasteiger partial charge in [-0.3, -0.25) is 0 Å². The molecule has 1 atom stereocenters. The predicted octanol–water partition coefficient (Wildman–Crippen LogP) is 2.97. The zero-order valence-electron chi connectivity index (χ0n) is 18.6. The summed E-state index contributed by atoms with van der Waals surface area (Å²) in [4.78, 5) is 8.62. The number of guanidine groups is 1. The molecule has 0 aliphatic heterocycles. The molecule has 7 nitrogen and oxygen atoms in total. The minimum atomic E-state index is 0.361. The maximum atomic E-state index is 4.77. The van der Waals surface area contributed by atoms with E-state index in [9.17, 15) is 0 Å². The number of nitrogens with one attached hydrogen (secondary N) is 2. The van der Waals surface area contributed by atoms with E-state index >= 15 is 0 Å². The largest absolute Gasteiger partial charge is 0.356 e. The Morgan fingerprint density at radius 3 is 2.72 bits per heavy atom. The van der Waals surface area contributed by atoms with Crippen LogP contribution in [0.5, 0.6) is 0 Å². The smallest absolute Gasteiger partial charge is 0.191 e. The Morgan fingerprint density at radius 2 is 2.10 bits per heavy atom. The molecule has 1 unspecified atom stereocenters. The first kappa shape index (κ1) is 23.3. The average Bonchev–Trinajstić information content (AvgIpc) is 3.34. The Morgan fingerprint density at radius 1 is 1.31 bits per heavy atom. The molecule has 0 radical (unpaired) electrons. The predicted molar refractivity (Wildman–Crippen MR) is 123 cm³/mol. The molecule has 0 fully saturated rings. The molecule has 2 N–H and O–H groups in total. The van der Waals surface area contributed by atoms with E-state index in [1.54, 1.807) is 11.3 Å². The maximum absolute atomic E-state index is 4.77. The molecular weight excluding hydrogens is 382 g/mol. The van der Waals surface area contributed by atoms with Gasteiger partial charge in [0.25, 0.3) is 0 Å². The normalized spacial score (nSPS) is 13.1. The van der Waals surface area contributed by atoms with Crippen molar-refractivity contribution in [2.24, 2.45) is 12.0 Å². The number of hydrogen-bond acceptors (Lipinski definition) is 5. The molecule has 2 rings (SSSR count). The summed E-state index contributed by atoms with van der Waals surface area (Å²) in [6.45, 7) is 13.4. The zero-order valence-corrected chi connectivity index (χ0v) is 19.4. The van der Waals surface area contributed by atoms with Crippen LogP contribution in [-0.4, -0.2) is 57.8 Å². The highest BCUT2D eigenvalue weighted by Gasteiger charge is 2.09. The van der Waals surface area contributed by atoms with Crippen LogP contribution in [0.25, 0.3) is 0 Å². The summed E-state index contributed by atoms with van der Waals surface area (Å²) in [6, 6.07) is 4.64. The number of aryl methyl sites for hydroxylation is 1. The summed E-state index contributed by atoms with van der Waals surface area (Å²) in [6.07, 6.45) is 3.30. The van der Waals surface area contributed by atoms with Crippen LogP contribution in [0, 0.1) is 6.92 Å². The second kappa shape index (κ2) is 12.6. The summed E-state index contributed by atoms with van der Waals surface area (Å²) in [5, 5.41) is 17.5. The first-order chi connectivity index (χ1) is 14.0. The van der Waals surface area contributed by atoms with Crippen LogP contribution in [-0.2, 0) is 20.0 Å². The third kappa shape index (κ3) is 8.14. The molecule has 0 saturated carbocycles. The van der Waals surface area contributed by atoms with Crippen molar-refractivity contribution in [2.45, 2.75) is 59.5 Å². The van der Waals surface area contributed by atoms with Gasteiger partial charge in [-0.1, -0.05) is 19.9 Å². The molecule has 29 heavy (non-hydrogen) atoms. The number of hydrogen-bond donors (Lipinski definition) is 2. The van der Waals surface area contributed by atoms with Gasteiger partial charge >= 0.3 is 0 Å². The molecule has 2 aromatic rings. The van der Waals surface area contributed by atoms with Crippen molar-refractivity contribution in [3.05, 3.63) is 34.0 Å². The topological polar surface area (TPSA) is 70.4 Å². The minimum absolute atomic E-state index is 0.361. The van der Waals surface area contributed by atoms with Crippen LogP contribution in [0.3, 0.4) is 0 Å². The van der Waals surface area contributed by atoms with Crippen molar-refractivity contribution in [1.29, 1.82) is 0 Å². The Hall–Kier alpha value is -1.93. The van der Waals surface area contributed by atoms with Gasteiger partial charge in [-0.15, -0.1) is 21.5 Å². The van der Waals surface area contributed by atoms with Crippen molar-refractivity contribution in [2.75, 3.05) is 26.2 Å². The van der Waals surface area contributed by atoms with Crippen LogP contribution >= 0.6 is 11.3 Å². The van der Waals surface area contributed by atoms with Gasteiger partial charge in [0.1, 0.15) is 12.4 Å². The number of aliphatic imine (C=N–C) groups is 1. The van der Waals surface area contributed by atoms with Gasteiger partial charge in [0, 0.05) is 24.5 Å². The van der Waals surface area contributed by atoms with Gasteiger partial charge in [-0.2, -0.15) is 0 Å². The van der Waals surface area contributed by atoms with Crippen LogP contribution in [0.4, 0.5) is 0 Å². The van der Waals surface area contributed by atoms with Crippen molar-refractivity contribution in [3.8, 4) is 0 Å². The molecule has 0 bridgehead atoms. The Kier molecular flexibility index (Phi) is 10.1. The highest BCUT2D eigenvalue weighted by molar-refractivity contribution is 7.09. The Balaban J connectivity index is 1.89. The number of nitrogens with zero attached hydrogens (tertiary/aromatic N) is 5. The van der Waals surface area contributed by atoms with E-state index in [-0.39, 0.29) is 0 Å². The third-order valence-electron chi connectivity index (χ3n) is 5.19. The summed E-state index contributed by atoms with van der Waals surface area (Å²) in [5.41, 5.74) is 0. The Labute approximate surface area is 179 Å². The average molecular weight is 420 g/mol. The highest BCUT2D eigenvalue weighted by Crippen LogP contribution is 2.08. The fraction of sp³-hybridized carbons (Fsp3) is 0.667. The fourth-order valence-corrected chi connectivity index (χ4v) is 3.83. The van der Waals surface area contributed by atoms with Gasteiger partial charge in [-0.05, 0) is 64.2 Å².